The number of amides is 1. The number of nitrogens with one attached hydrogen (secondary N) is 1. The molecule has 3 aliphatic rings. The molecule has 1 aliphatic heterocycles. The fraction of sp³-hybridized carbons (Fsp3) is 0.600. The average molecular weight is 368 g/mol. The Morgan fingerprint density at radius 1 is 1.30 bits per heavy atom. The quantitative estimate of drug-likeness (QED) is 0.879. The van der Waals surface area contributed by atoms with Crippen molar-refractivity contribution in [2.45, 2.75) is 63.7 Å². The van der Waals surface area contributed by atoms with Crippen LogP contribution in [0.25, 0.3) is 0 Å². The van der Waals surface area contributed by atoms with E-state index in [1.165, 1.54) is 0 Å². The lowest BCUT2D eigenvalue weighted by atomic mass is 9.77. The van der Waals surface area contributed by atoms with Gasteiger partial charge in [-0.1, -0.05) is 5.16 Å². The van der Waals surface area contributed by atoms with Gasteiger partial charge in [0.2, 0.25) is 0 Å². The van der Waals surface area contributed by atoms with Crippen LogP contribution in [-0.4, -0.2) is 39.0 Å². The van der Waals surface area contributed by atoms with Crippen LogP contribution < -0.4 is 5.56 Å². The first-order chi connectivity index (χ1) is 13.0. The third-order valence-corrected chi connectivity index (χ3v) is 6.47. The number of aromatic nitrogens is 3. The summed E-state index contributed by atoms with van der Waals surface area (Å²) in [7, 11) is 0. The van der Waals surface area contributed by atoms with Crippen LogP contribution >= 0.6 is 0 Å². The van der Waals surface area contributed by atoms with Gasteiger partial charge in [0.25, 0.3) is 11.5 Å². The molecule has 1 saturated carbocycles. The van der Waals surface area contributed by atoms with Crippen LogP contribution in [0.1, 0.15) is 76.9 Å². The smallest absolute Gasteiger partial charge is 0.259 e. The van der Waals surface area contributed by atoms with Gasteiger partial charge < -0.3 is 14.4 Å². The van der Waals surface area contributed by atoms with Crippen molar-refractivity contribution in [3.05, 3.63) is 44.5 Å². The fourth-order valence-corrected chi connectivity index (χ4v) is 4.87. The Hall–Kier alpha value is -2.44. The highest BCUT2D eigenvalue weighted by Crippen LogP contribution is 2.45. The summed E-state index contributed by atoms with van der Waals surface area (Å²) in [5.74, 6) is 1.79. The number of rotatable bonds is 2. The summed E-state index contributed by atoms with van der Waals surface area (Å²) in [6, 6.07) is 0. The molecule has 142 valence electrons. The predicted molar refractivity (Wildman–Crippen MR) is 97.9 cm³/mol. The van der Waals surface area contributed by atoms with Crippen molar-refractivity contribution in [1.82, 2.24) is 20.0 Å². The van der Waals surface area contributed by atoms with E-state index in [4.69, 9.17) is 9.51 Å². The van der Waals surface area contributed by atoms with Gasteiger partial charge in [-0.05, 0) is 52.4 Å². The molecule has 2 aliphatic carbocycles. The number of nitrogens with zero attached hydrogens (tertiary/aromatic N) is 3. The Bertz CT molecular complexity index is 968. The molecular weight excluding hydrogens is 344 g/mol. The van der Waals surface area contributed by atoms with Gasteiger partial charge in [-0.25, -0.2) is 4.98 Å². The number of fused-ring (bicyclic) bond motifs is 2. The van der Waals surface area contributed by atoms with E-state index in [0.717, 1.165) is 62.2 Å². The van der Waals surface area contributed by atoms with Crippen molar-refractivity contribution in [3.8, 4) is 0 Å². The monoisotopic (exact) mass is 368 g/mol. The molecule has 1 unspecified atom stereocenters. The van der Waals surface area contributed by atoms with Gasteiger partial charge >= 0.3 is 0 Å². The minimum Gasteiger partial charge on any atom is -0.361 e. The Morgan fingerprint density at radius 2 is 2.11 bits per heavy atom. The zero-order valence-electron chi connectivity index (χ0n) is 15.8. The number of likely N-dealkylation sites (tertiary alicyclic amines) is 1. The molecule has 7 nitrogen and oxygen atoms in total. The molecule has 27 heavy (non-hydrogen) atoms. The summed E-state index contributed by atoms with van der Waals surface area (Å²) >= 11 is 0. The number of hydrogen-bond donors (Lipinski definition) is 1. The minimum atomic E-state index is -0.194. The van der Waals surface area contributed by atoms with Crippen LogP contribution in [0.15, 0.2) is 9.32 Å². The first-order valence-corrected chi connectivity index (χ1v) is 9.84. The second-order valence-electron chi connectivity index (χ2n) is 8.36. The zero-order valence-corrected chi connectivity index (χ0v) is 15.8. The molecule has 0 radical (unpaired) electrons. The highest BCUT2D eigenvalue weighted by molar-refractivity contribution is 5.96. The number of aromatic amines is 1. The van der Waals surface area contributed by atoms with Crippen LogP contribution in [0.2, 0.25) is 0 Å². The number of H-pyrrole nitrogens is 1. The van der Waals surface area contributed by atoms with E-state index in [9.17, 15) is 9.59 Å². The highest BCUT2D eigenvalue weighted by Gasteiger charge is 2.46. The van der Waals surface area contributed by atoms with Crippen molar-refractivity contribution in [3.63, 3.8) is 0 Å². The summed E-state index contributed by atoms with van der Waals surface area (Å²) in [5.41, 5.74) is 2.81. The molecule has 1 amide bonds. The normalized spacial score (nSPS) is 24.4. The van der Waals surface area contributed by atoms with Crippen molar-refractivity contribution in [1.29, 1.82) is 0 Å². The van der Waals surface area contributed by atoms with E-state index in [1.807, 2.05) is 4.90 Å². The molecular formula is C20H24N4O3. The first kappa shape index (κ1) is 16.7. The molecule has 1 saturated heterocycles. The van der Waals surface area contributed by atoms with Crippen LogP contribution in [0, 0.1) is 13.8 Å². The van der Waals surface area contributed by atoms with Crippen molar-refractivity contribution in [2.24, 2.45) is 0 Å². The van der Waals surface area contributed by atoms with E-state index < -0.39 is 0 Å². The minimum absolute atomic E-state index is 0.0212. The summed E-state index contributed by atoms with van der Waals surface area (Å²) in [5, 5.41) is 3.93. The number of aryl methyl sites for hydroxylation is 2. The maximum atomic E-state index is 13.1. The Labute approximate surface area is 157 Å². The summed E-state index contributed by atoms with van der Waals surface area (Å²) in [6.45, 7) is 4.92. The lowest BCUT2D eigenvalue weighted by Crippen LogP contribution is -2.48. The lowest BCUT2D eigenvalue weighted by Gasteiger charge is -2.40. The molecule has 0 aromatic carbocycles. The molecule has 0 bridgehead atoms. The largest absolute Gasteiger partial charge is 0.361 e. The molecule has 2 fully saturated rings. The Morgan fingerprint density at radius 3 is 2.81 bits per heavy atom. The molecule has 1 N–H and O–H groups in total. The second-order valence-corrected chi connectivity index (χ2v) is 8.36. The summed E-state index contributed by atoms with van der Waals surface area (Å²) in [6.07, 6.45) is 5.73. The van der Waals surface area contributed by atoms with Gasteiger partial charge in [-0.3, -0.25) is 9.59 Å². The molecule has 2 aromatic rings. The predicted octanol–water partition coefficient (Wildman–Crippen LogP) is 2.37. The number of piperidine rings is 1. The molecule has 7 heteroatoms. The average Bonchev–Trinajstić information content (AvgIpc) is 3.38. The highest BCUT2D eigenvalue weighted by atomic mass is 16.5. The second kappa shape index (κ2) is 5.78. The van der Waals surface area contributed by atoms with Crippen LogP contribution in [0.3, 0.4) is 0 Å². The van der Waals surface area contributed by atoms with Gasteiger partial charge in [0.1, 0.15) is 17.1 Å². The third-order valence-electron chi connectivity index (χ3n) is 6.47. The van der Waals surface area contributed by atoms with Crippen molar-refractivity contribution >= 4 is 5.91 Å². The first-order valence-electron chi connectivity index (χ1n) is 9.84. The van der Waals surface area contributed by atoms with Crippen LogP contribution in [0.4, 0.5) is 0 Å². The summed E-state index contributed by atoms with van der Waals surface area (Å²) in [4.78, 5) is 35.6. The molecule has 2 aromatic heterocycles. The number of carbonyl (C=O) groups is 1. The third kappa shape index (κ3) is 2.55. The fourth-order valence-electron chi connectivity index (χ4n) is 4.87. The van der Waals surface area contributed by atoms with Gasteiger partial charge in [0.15, 0.2) is 0 Å². The van der Waals surface area contributed by atoms with Gasteiger partial charge in [0, 0.05) is 30.0 Å². The molecule has 1 atom stereocenters. The van der Waals surface area contributed by atoms with Crippen molar-refractivity contribution < 1.29 is 9.32 Å². The van der Waals surface area contributed by atoms with Gasteiger partial charge in [0.05, 0.1) is 11.4 Å². The Balaban J connectivity index is 1.50. The van der Waals surface area contributed by atoms with E-state index in [1.54, 1.807) is 13.8 Å². The van der Waals surface area contributed by atoms with E-state index in [2.05, 4.69) is 10.1 Å². The van der Waals surface area contributed by atoms with Crippen LogP contribution in [-0.2, 0) is 11.8 Å². The van der Waals surface area contributed by atoms with Crippen LogP contribution in [0.5, 0.6) is 0 Å². The maximum absolute atomic E-state index is 13.1. The number of carbonyl (C=O) groups excluding carboxylic acids is 1. The van der Waals surface area contributed by atoms with Gasteiger partial charge in [-0.15, -0.1) is 0 Å². The Kier molecular flexibility index (Phi) is 3.58. The zero-order chi connectivity index (χ0) is 18.8. The lowest BCUT2D eigenvalue weighted by molar-refractivity contribution is 0.0631. The SMILES string of the molecule is Cc1noc(C)c1C(=O)N1CCCC2(CCc3c2nc(C2CC2)[nH]c3=O)C1. The number of hydrogen-bond acceptors (Lipinski definition) is 5. The van der Waals surface area contributed by atoms with Crippen molar-refractivity contribution in [2.75, 3.05) is 13.1 Å². The molecule has 3 heterocycles. The van der Waals surface area contributed by atoms with E-state index >= 15 is 0 Å². The summed E-state index contributed by atoms with van der Waals surface area (Å²) < 4.78 is 5.19. The molecule has 1 spiro atoms. The topological polar surface area (TPSA) is 92.1 Å². The van der Waals surface area contributed by atoms with E-state index in [0.29, 0.717) is 29.5 Å². The van der Waals surface area contributed by atoms with Gasteiger partial charge in [-0.2, -0.15) is 0 Å². The maximum Gasteiger partial charge on any atom is 0.259 e. The molecule has 5 rings (SSSR count). The van der Waals surface area contributed by atoms with E-state index in [-0.39, 0.29) is 16.9 Å². The standard InChI is InChI=1S/C20H24N4O3/c1-11-15(12(2)27-23-11)19(26)24-9-3-7-20(10-24)8-6-14-16(20)21-17(13-4-5-13)22-18(14)25/h13H,3-10H2,1-2H3,(H,21,22,25).